The van der Waals surface area contributed by atoms with Crippen molar-refractivity contribution in [1.82, 2.24) is 4.98 Å². The zero-order valence-electron chi connectivity index (χ0n) is 10.0. The molecule has 1 heterocycles. The Labute approximate surface area is 112 Å². The van der Waals surface area contributed by atoms with Crippen LogP contribution in [0.3, 0.4) is 0 Å². The lowest BCUT2D eigenvalue weighted by molar-refractivity contribution is 0.176. The number of halogens is 1. The van der Waals surface area contributed by atoms with Crippen LogP contribution in [0.4, 0.5) is 0 Å². The summed E-state index contributed by atoms with van der Waals surface area (Å²) in [5, 5.41) is 0. The molecule has 100 valence electrons. The SMILES string of the molecule is O=S(=O)(Cl)c1ccc(OC2CCCCCC2)nc1. The Kier molecular flexibility index (Phi) is 4.45. The van der Waals surface area contributed by atoms with E-state index in [0.717, 1.165) is 12.8 Å². The van der Waals surface area contributed by atoms with E-state index in [-0.39, 0.29) is 11.0 Å². The zero-order valence-corrected chi connectivity index (χ0v) is 11.6. The van der Waals surface area contributed by atoms with E-state index in [1.54, 1.807) is 6.07 Å². The number of nitrogens with zero attached hydrogens (tertiary/aromatic N) is 1. The summed E-state index contributed by atoms with van der Waals surface area (Å²) >= 11 is 0. The van der Waals surface area contributed by atoms with E-state index >= 15 is 0 Å². The van der Waals surface area contributed by atoms with Gasteiger partial charge in [-0.25, -0.2) is 13.4 Å². The normalized spacial score (nSPS) is 18.3. The van der Waals surface area contributed by atoms with Gasteiger partial charge in [-0.15, -0.1) is 0 Å². The number of rotatable bonds is 3. The van der Waals surface area contributed by atoms with Gasteiger partial charge >= 0.3 is 0 Å². The van der Waals surface area contributed by atoms with Gasteiger partial charge in [0.1, 0.15) is 11.0 Å². The van der Waals surface area contributed by atoms with Crippen LogP contribution in [0.15, 0.2) is 23.2 Å². The summed E-state index contributed by atoms with van der Waals surface area (Å²) in [5.74, 6) is 0.464. The van der Waals surface area contributed by atoms with Crippen LogP contribution in [0.2, 0.25) is 0 Å². The lowest BCUT2D eigenvalue weighted by Gasteiger charge is -2.15. The highest BCUT2D eigenvalue weighted by Crippen LogP contribution is 2.22. The van der Waals surface area contributed by atoms with Gasteiger partial charge in [-0.3, -0.25) is 0 Å². The second kappa shape index (κ2) is 5.89. The maximum Gasteiger partial charge on any atom is 0.262 e. The molecule has 0 aromatic carbocycles. The van der Waals surface area contributed by atoms with Crippen molar-refractivity contribution >= 4 is 19.7 Å². The van der Waals surface area contributed by atoms with Crippen molar-refractivity contribution in [3.05, 3.63) is 18.3 Å². The second-order valence-corrected chi connectivity index (χ2v) is 7.07. The molecule has 4 nitrogen and oxygen atoms in total. The average molecular weight is 290 g/mol. The van der Waals surface area contributed by atoms with Crippen molar-refractivity contribution in [3.63, 3.8) is 0 Å². The molecule has 0 unspecified atom stereocenters. The maximum atomic E-state index is 11.1. The van der Waals surface area contributed by atoms with Crippen LogP contribution < -0.4 is 4.74 Å². The van der Waals surface area contributed by atoms with Gasteiger partial charge in [0, 0.05) is 16.7 Å². The van der Waals surface area contributed by atoms with Crippen molar-refractivity contribution in [1.29, 1.82) is 0 Å². The van der Waals surface area contributed by atoms with Gasteiger partial charge in [-0.1, -0.05) is 12.8 Å². The van der Waals surface area contributed by atoms with Gasteiger partial charge in [-0.2, -0.15) is 0 Å². The van der Waals surface area contributed by atoms with Crippen LogP contribution in [0.5, 0.6) is 5.88 Å². The summed E-state index contributed by atoms with van der Waals surface area (Å²) in [4.78, 5) is 3.98. The molecular formula is C12H16ClNO3S. The number of hydrogen-bond donors (Lipinski definition) is 0. The predicted molar refractivity (Wildman–Crippen MR) is 69.4 cm³/mol. The van der Waals surface area contributed by atoms with Crippen LogP contribution in [0, 0.1) is 0 Å². The number of ether oxygens (including phenoxy) is 1. The molecule has 0 spiro atoms. The summed E-state index contributed by atoms with van der Waals surface area (Å²) in [6.45, 7) is 0. The molecule has 0 saturated heterocycles. The molecule has 1 aliphatic rings. The summed E-state index contributed by atoms with van der Waals surface area (Å²) in [7, 11) is 1.51. The Hall–Kier alpha value is -0.810. The fraction of sp³-hybridized carbons (Fsp3) is 0.583. The predicted octanol–water partition coefficient (Wildman–Crippen LogP) is 3.11. The quantitative estimate of drug-likeness (QED) is 0.634. The van der Waals surface area contributed by atoms with Crippen LogP contribution in [0.25, 0.3) is 0 Å². The molecule has 1 saturated carbocycles. The van der Waals surface area contributed by atoms with Gasteiger partial charge in [0.25, 0.3) is 9.05 Å². The molecule has 1 aromatic rings. The van der Waals surface area contributed by atoms with Crippen LogP contribution in [-0.2, 0) is 9.05 Å². The lowest BCUT2D eigenvalue weighted by Crippen LogP contribution is -2.15. The van der Waals surface area contributed by atoms with Crippen molar-refractivity contribution in [2.24, 2.45) is 0 Å². The van der Waals surface area contributed by atoms with E-state index in [1.807, 2.05) is 0 Å². The highest BCUT2D eigenvalue weighted by Gasteiger charge is 2.15. The van der Waals surface area contributed by atoms with Crippen molar-refractivity contribution in [2.45, 2.75) is 49.5 Å². The fourth-order valence-corrected chi connectivity index (χ4v) is 2.79. The molecule has 2 rings (SSSR count). The molecule has 6 heteroatoms. The van der Waals surface area contributed by atoms with E-state index in [0.29, 0.717) is 5.88 Å². The third-order valence-electron chi connectivity index (χ3n) is 3.08. The first kappa shape index (κ1) is 13.6. The molecule has 0 N–H and O–H groups in total. The van der Waals surface area contributed by atoms with E-state index in [1.165, 1.54) is 37.9 Å². The first-order valence-electron chi connectivity index (χ1n) is 6.13. The molecule has 1 fully saturated rings. The van der Waals surface area contributed by atoms with E-state index in [2.05, 4.69) is 4.98 Å². The minimum absolute atomic E-state index is 0.00242. The van der Waals surface area contributed by atoms with Gasteiger partial charge in [0.05, 0.1) is 6.20 Å². The Bertz CT molecular complexity index is 479. The largest absolute Gasteiger partial charge is 0.474 e. The van der Waals surface area contributed by atoms with E-state index in [9.17, 15) is 8.42 Å². The molecule has 0 radical (unpaired) electrons. The zero-order chi connectivity index (χ0) is 13.0. The Morgan fingerprint density at radius 3 is 2.33 bits per heavy atom. The Balaban J connectivity index is 2.01. The summed E-state index contributed by atoms with van der Waals surface area (Å²) in [6, 6.07) is 2.97. The standard InChI is InChI=1S/C12H16ClNO3S/c13-18(15,16)11-7-8-12(14-9-11)17-10-5-3-1-2-4-6-10/h7-10H,1-6H2. The third-order valence-corrected chi connectivity index (χ3v) is 4.42. The fourth-order valence-electron chi connectivity index (χ4n) is 2.11. The van der Waals surface area contributed by atoms with Crippen molar-refractivity contribution in [3.8, 4) is 5.88 Å². The molecule has 0 atom stereocenters. The monoisotopic (exact) mass is 289 g/mol. The maximum absolute atomic E-state index is 11.1. The van der Waals surface area contributed by atoms with Crippen molar-refractivity contribution < 1.29 is 13.2 Å². The highest BCUT2D eigenvalue weighted by molar-refractivity contribution is 8.13. The van der Waals surface area contributed by atoms with Gasteiger partial charge in [0.15, 0.2) is 0 Å². The van der Waals surface area contributed by atoms with E-state index in [4.69, 9.17) is 15.4 Å². The lowest BCUT2D eigenvalue weighted by atomic mass is 10.1. The van der Waals surface area contributed by atoms with Crippen LogP contribution in [-0.4, -0.2) is 19.5 Å². The van der Waals surface area contributed by atoms with Gasteiger partial charge in [-0.05, 0) is 31.7 Å². The van der Waals surface area contributed by atoms with Crippen LogP contribution >= 0.6 is 10.7 Å². The highest BCUT2D eigenvalue weighted by atomic mass is 35.7. The molecular weight excluding hydrogens is 274 g/mol. The summed E-state index contributed by atoms with van der Waals surface area (Å²) in [6.07, 6.45) is 8.38. The molecule has 0 aliphatic heterocycles. The minimum Gasteiger partial charge on any atom is -0.474 e. The second-order valence-electron chi connectivity index (χ2n) is 4.50. The summed E-state index contributed by atoms with van der Waals surface area (Å²) in [5.41, 5.74) is 0. The Morgan fingerprint density at radius 1 is 1.17 bits per heavy atom. The van der Waals surface area contributed by atoms with Gasteiger partial charge < -0.3 is 4.74 Å². The van der Waals surface area contributed by atoms with Crippen molar-refractivity contribution in [2.75, 3.05) is 0 Å². The first-order chi connectivity index (χ1) is 8.55. The topological polar surface area (TPSA) is 56.3 Å². The smallest absolute Gasteiger partial charge is 0.262 e. The first-order valence-corrected chi connectivity index (χ1v) is 8.44. The Morgan fingerprint density at radius 2 is 1.83 bits per heavy atom. The molecule has 1 aliphatic carbocycles. The average Bonchev–Trinajstić information content (AvgIpc) is 2.57. The molecule has 18 heavy (non-hydrogen) atoms. The molecule has 0 amide bonds. The molecule has 1 aromatic heterocycles. The number of pyridine rings is 1. The number of hydrogen-bond acceptors (Lipinski definition) is 4. The molecule has 0 bridgehead atoms. The van der Waals surface area contributed by atoms with Gasteiger partial charge in [0.2, 0.25) is 5.88 Å². The van der Waals surface area contributed by atoms with E-state index < -0.39 is 9.05 Å². The minimum atomic E-state index is -3.70. The number of aromatic nitrogens is 1. The third kappa shape index (κ3) is 3.85. The summed E-state index contributed by atoms with van der Waals surface area (Å²) < 4.78 is 27.9. The van der Waals surface area contributed by atoms with Crippen LogP contribution in [0.1, 0.15) is 38.5 Å².